The molecule has 1 N–H and O–H groups in total. The first-order chi connectivity index (χ1) is 9.79. The normalized spacial score (nSPS) is 10.7. The van der Waals surface area contributed by atoms with Gasteiger partial charge in [0.2, 0.25) is 0 Å². The Morgan fingerprint density at radius 2 is 2.10 bits per heavy atom. The standard InChI is InChI=1S/C16H20N2OS/c1-2-17-13-14-6-5-7-15(12-14)20-11-10-18-9-4-3-8-16(18)19/h3-9,12,17H,2,10-11,13H2,1H3. The maximum absolute atomic E-state index is 11.6. The zero-order chi connectivity index (χ0) is 14.2. The summed E-state index contributed by atoms with van der Waals surface area (Å²) in [5, 5.41) is 3.33. The molecule has 1 aromatic heterocycles. The van der Waals surface area contributed by atoms with Crippen molar-refractivity contribution in [3.05, 3.63) is 64.6 Å². The summed E-state index contributed by atoms with van der Waals surface area (Å²) >= 11 is 1.78. The molecule has 0 radical (unpaired) electrons. The maximum atomic E-state index is 11.6. The van der Waals surface area contributed by atoms with Crippen molar-refractivity contribution in [1.82, 2.24) is 9.88 Å². The Labute approximate surface area is 124 Å². The molecule has 0 spiro atoms. The van der Waals surface area contributed by atoms with E-state index in [1.165, 1.54) is 10.5 Å². The highest BCUT2D eigenvalue weighted by atomic mass is 32.2. The second-order valence-electron chi connectivity index (χ2n) is 4.51. The molecule has 2 rings (SSSR count). The van der Waals surface area contributed by atoms with E-state index in [0.29, 0.717) is 0 Å². The summed E-state index contributed by atoms with van der Waals surface area (Å²) in [6.07, 6.45) is 1.84. The van der Waals surface area contributed by atoms with E-state index >= 15 is 0 Å². The molecule has 0 aliphatic heterocycles. The molecule has 3 nitrogen and oxygen atoms in total. The summed E-state index contributed by atoms with van der Waals surface area (Å²) in [4.78, 5) is 12.8. The Morgan fingerprint density at radius 3 is 2.90 bits per heavy atom. The third kappa shape index (κ3) is 4.54. The van der Waals surface area contributed by atoms with Crippen molar-refractivity contribution < 1.29 is 0 Å². The Kier molecular flexibility index (Phi) is 5.89. The molecule has 0 aliphatic carbocycles. The SMILES string of the molecule is CCNCc1cccc(SCCn2ccccc2=O)c1. The molecule has 0 fully saturated rings. The van der Waals surface area contributed by atoms with Crippen LogP contribution in [0, 0.1) is 0 Å². The van der Waals surface area contributed by atoms with Crippen molar-refractivity contribution >= 4 is 11.8 Å². The van der Waals surface area contributed by atoms with Crippen molar-refractivity contribution in [2.75, 3.05) is 12.3 Å². The van der Waals surface area contributed by atoms with Crippen molar-refractivity contribution in [1.29, 1.82) is 0 Å². The molecule has 0 atom stereocenters. The third-order valence-electron chi connectivity index (χ3n) is 2.98. The number of aromatic nitrogens is 1. The molecule has 4 heteroatoms. The van der Waals surface area contributed by atoms with Gasteiger partial charge in [0.05, 0.1) is 0 Å². The van der Waals surface area contributed by atoms with Gasteiger partial charge in [-0.15, -0.1) is 11.8 Å². The van der Waals surface area contributed by atoms with Crippen LogP contribution in [0.5, 0.6) is 0 Å². The van der Waals surface area contributed by atoms with Gasteiger partial charge in [0, 0.05) is 36.0 Å². The van der Waals surface area contributed by atoms with E-state index in [2.05, 4.69) is 36.5 Å². The minimum absolute atomic E-state index is 0.0639. The largest absolute Gasteiger partial charge is 0.315 e. The number of aryl methyl sites for hydroxylation is 1. The lowest BCUT2D eigenvalue weighted by atomic mass is 10.2. The quantitative estimate of drug-likeness (QED) is 0.796. The van der Waals surface area contributed by atoms with Crippen LogP contribution >= 0.6 is 11.8 Å². The molecule has 0 aliphatic rings. The Balaban J connectivity index is 1.88. The molecule has 106 valence electrons. The number of benzene rings is 1. The molecule has 0 saturated carbocycles. The van der Waals surface area contributed by atoms with Gasteiger partial charge in [-0.2, -0.15) is 0 Å². The predicted octanol–water partition coefficient (Wildman–Crippen LogP) is 2.75. The Hall–Kier alpha value is -1.52. The number of nitrogens with one attached hydrogen (secondary N) is 1. The minimum atomic E-state index is 0.0639. The van der Waals surface area contributed by atoms with Gasteiger partial charge in [0.1, 0.15) is 0 Å². The fourth-order valence-corrected chi connectivity index (χ4v) is 2.85. The smallest absolute Gasteiger partial charge is 0.250 e. The van der Waals surface area contributed by atoms with E-state index in [-0.39, 0.29) is 5.56 Å². The third-order valence-corrected chi connectivity index (χ3v) is 3.95. The van der Waals surface area contributed by atoms with Gasteiger partial charge in [-0.05, 0) is 30.3 Å². The van der Waals surface area contributed by atoms with E-state index in [1.807, 2.05) is 12.3 Å². The highest BCUT2D eigenvalue weighted by molar-refractivity contribution is 7.99. The summed E-state index contributed by atoms with van der Waals surface area (Å²) in [6, 6.07) is 13.8. The van der Waals surface area contributed by atoms with Crippen LogP contribution in [-0.2, 0) is 13.1 Å². The summed E-state index contributed by atoms with van der Waals surface area (Å²) in [5.74, 6) is 0.897. The summed E-state index contributed by atoms with van der Waals surface area (Å²) in [6.45, 7) is 4.73. The maximum Gasteiger partial charge on any atom is 0.250 e. The Bertz CT molecular complexity index is 595. The minimum Gasteiger partial charge on any atom is -0.315 e. The number of rotatable bonds is 7. The second kappa shape index (κ2) is 7.92. The summed E-state index contributed by atoms with van der Waals surface area (Å²) in [5.41, 5.74) is 1.36. The molecular weight excluding hydrogens is 268 g/mol. The summed E-state index contributed by atoms with van der Waals surface area (Å²) in [7, 11) is 0. The number of nitrogens with zero attached hydrogens (tertiary/aromatic N) is 1. The van der Waals surface area contributed by atoms with Gasteiger partial charge in [-0.3, -0.25) is 4.79 Å². The fourth-order valence-electron chi connectivity index (χ4n) is 1.92. The van der Waals surface area contributed by atoms with E-state index in [9.17, 15) is 4.79 Å². The molecule has 0 bridgehead atoms. The first kappa shape index (κ1) is 14.9. The van der Waals surface area contributed by atoms with E-state index in [1.54, 1.807) is 28.5 Å². The van der Waals surface area contributed by atoms with E-state index in [4.69, 9.17) is 0 Å². The van der Waals surface area contributed by atoms with Crippen LogP contribution in [-0.4, -0.2) is 16.9 Å². The second-order valence-corrected chi connectivity index (χ2v) is 5.68. The van der Waals surface area contributed by atoms with Gasteiger partial charge in [-0.25, -0.2) is 0 Å². The van der Waals surface area contributed by atoms with Crippen molar-refractivity contribution in [2.24, 2.45) is 0 Å². The molecule has 1 aromatic carbocycles. The van der Waals surface area contributed by atoms with E-state index in [0.717, 1.165) is 25.4 Å². The van der Waals surface area contributed by atoms with Gasteiger partial charge >= 0.3 is 0 Å². The lowest BCUT2D eigenvalue weighted by Gasteiger charge is -2.07. The highest BCUT2D eigenvalue weighted by Gasteiger charge is 1.98. The van der Waals surface area contributed by atoms with Crippen LogP contribution in [0.3, 0.4) is 0 Å². The predicted molar refractivity (Wildman–Crippen MR) is 85.2 cm³/mol. The lowest BCUT2D eigenvalue weighted by molar-refractivity contribution is 0.725. The number of pyridine rings is 1. The van der Waals surface area contributed by atoms with Gasteiger partial charge in [0.15, 0.2) is 0 Å². The van der Waals surface area contributed by atoms with Crippen LogP contribution < -0.4 is 10.9 Å². The zero-order valence-electron chi connectivity index (χ0n) is 11.7. The number of hydrogen-bond acceptors (Lipinski definition) is 3. The topological polar surface area (TPSA) is 34.0 Å². The van der Waals surface area contributed by atoms with Crippen LogP contribution in [0.1, 0.15) is 12.5 Å². The van der Waals surface area contributed by atoms with Crippen LogP contribution in [0.15, 0.2) is 58.4 Å². The molecule has 1 heterocycles. The molecule has 0 amide bonds. The van der Waals surface area contributed by atoms with Gasteiger partial charge in [-0.1, -0.05) is 25.1 Å². The first-order valence-corrected chi connectivity index (χ1v) is 7.86. The van der Waals surface area contributed by atoms with Crippen molar-refractivity contribution in [3.8, 4) is 0 Å². The molecule has 20 heavy (non-hydrogen) atoms. The molecular formula is C16H20N2OS. The van der Waals surface area contributed by atoms with Crippen LogP contribution in [0.2, 0.25) is 0 Å². The molecule has 0 unspecified atom stereocenters. The van der Waals surface area contributed by atoms with Gasteiger partial charge < -0.3 is 9.88 Å². The average Bonchev–Trinajstić information content (AvgIpc) is 2.48. The average molecular weight is 288 g/mol. The van der Waals surface area contributed by atoms with Crippen LogP contribution in [0.25, 0.3) is 0 Å². The number of hydrogen-bond donors (Lipinski definition) is 1. The van der Waals surface area contributed by atoms with Crippen molar-refractivity contribution in [3.63, 3.8) is 0 Å². The van der Waals surface area contributed by atoms with E-state index < -0.39 is 0 Å². The lowest BCUT2D eigenvalue weighted by Crippen LogP contribution is -2.18. The number of thioether (sulfide) groups is 1. The molecule has 0 saturated heterocycles. The van der Waals surface area contributed by atoms with Crippen molar-refractivity contribution in [2.45, 2.75) is 24.9 Å². The molecule has 2 aromatic rings. The Morgan fingerprint density at radius 1 is 1.20 bits per heavy atom. The zero-order valence-corrected chi connectivity index (χ0v) is 12.5. The fraction of sp³-hybridized carbons (Fsp3) is 0.312. The first-order valence-electron chi connectivity index (χ1n) is 6.87. The summed E-state index contributed by atoms with van der Waals surface area (Å²) < 4.78 is 1.75. The highest BCUT2D eigenvalue weighted by Crippen LogP contribution is 2.19. The van der Waals surface area contributed by atoms with Gasteiger partial charge in [0.25, 0.3) is 5.56 Å². The van der Waals surface area contributed by atoms with Crippen LogP contribution in [0.4, 0.5) is 0 Å². The monoisotopic (exact) mass is 288 g/mol.